The molecule has 1 heterocycles. The van der Waals surface area contributed by atoms with Crippen LogP contribution in [0.3, 0.4) is 0 Å². The molecule has 1 aromatic heterocycles. The Balaban J connectivity index is 2.54. The number of aromatic nitrogens is 1. The summed E-state index contributed by atoms with van der Waals surface area (Å²) >= 11 is 6.01. The first-order valence-electron chi connectivity index (χ1n) is 5.57. The van der Waals surface area contributed by atoms with E-state index in [0.29, 0.717) is 16.4 Å². The van der Waals surface area contributed by atoms with Gasteiger partial charge >= 0.3 is 0 Å². The van der Waals surface area contributed by atoms with Crippen molar-refractivity contribution in [2.45, 2.75) is 33.3 Å². The minimum atomic E-state index is -0.210. The molecular weight excluding hydrogens is 240 g/mol. The molecule has 17 heavy (non-hydrogen) atoms. The van der Waals surface area contributed by atoms with E-state index < -0.39 is 0 Å². The van der Waals surface area contributed by atoms with Crippen LogP contribution in [0.25, 0.3) is 0 Å². The summed E-state index contributed by atoms with van der Waals surface area (Å²) in [6.45, 7) is 5.75. The zero-order valence-corrected chi connectivity index (χ0v) is 11.0. The Morgan fingerprint density at radius 1 is 1.65 bits per heavy atom. The number of carbonyl (C=O) groups excluding carboxylic acids is 1. The summed E-state index contributed by atoms with van der Waals surface area (Å²) in [5, 5.41) is 3.16. The molecule has 0 aliphatic heterocycles. The van der Waals surface area contributed by atoms with E-state index in [4.69, 9.17) is 16.3 Å². The minimum Gasteiger partial charge on any atom is -0.369 e. The molecule has 0 radical (unpaired) electrons. The molecule has 0 spiro atoms. The molecule has 94 valence electrons. The molecule has 1 N–H and O–H groups in total. The minimum absolute atomic E-state index is 0.0344. The Labute approximate surface area is 106 Å². The van der Waals surface area contributed by atoms with Crippen LogP contribution in [0, 0.1) is 6.92 Å². The number of carbonyl (C=O) groups is 1. The lowest BCUT2D eigenvalue weighted by Crippen LogP contribution is -2.21. The van der Waals surface area contributed by atoms with Crippen molar-refractivity contribution in [1.82, 2.24) is 4.98 Å². The monoisotopic (exact) mass is 256 g/mol. The number of ether oxygens (including phenoxy) is 1. The second-order valence-corrected chi connectivity index (χ2v) is 4.21. The maximum Gasteiger partial charge on any atom is 0.250 e. The molecule has 1 unspecified atom stereocenters. The zero-order chi connectivity index (χ0) is 12.8. The van der Waals surface area contributed by atoms with Crippen LogP contribution in [0.2, 0.25) is 5.02 Å². The van der Waals surface area contributed by atoms with Gasteiger partial charge in [0.25, 0.3) is 0 Å². The Bertz CT molecular complexity index is 396. The Morgan fingerprint density at radius 3 is 3.00 bits per heavy atom. The molecule has 1 amide bonds. The smallest absolute Gasteiger partial charge is 0.250 e. The lowest BCUT2D eigenvalue weighted by atomic mass is 10.3. The molecule has 0 aliphatic rings. The van der Waals surface area contributed by atoms with E-state index >= 15 is 0 Å². The van der Waals surface area contributed by atoms with Crippen LogP contribution in [-0.2, 0) is 9.53 Å². The van der Waals surface area contributed by atoms with Crippen molar-refractivity contribution < 1.29 is 9.53 Å². The van der Waals surface area contributed by atoms with Crippen LogP contribution in [-0.4, -0.2) is 23.6 Å². The fraction of sp³-hybridized carbons (Fsp3) is 0.500. The van der Waals surface area contributed by atoms with Gasteiger partial charge in [-0.2, -0.15) is 0 Å². The van der Waals surface area contributed by atoms with Gasteiger partial charge in [-0.05, 0) is 26.3 Å². The largest absolute Gasteiger partial charge is 0.369 e. The number of hydrogen-bond donors (Lipinski definition) is 1. The molecule has 5 heteroatoms. The number of pyridine rings is 1. The highest BCUT2D eigenvalue weighted by Gasteiger charge is 2.09. The van der Waals surface area contributed by atoms with E-state index in [1.54, 1.807) is 19.2 Å². The van der Waals surface area contributed by atoms with Crippen LogP contribution in [0.4, 0.5) is 5.69 Å². The third-order valence-electron chi connectivity index (χ3n) is 2.41. The quantitative estimate of drug-likeness (QED) is 0.881. The first kappa shape index (κ1) is 13.9. The SMILES string of the molecule is CCC(C)OCC(=O)Nc1ccnc(C)c1Cl. The summed E-state index contributed by atoms with van der Waals surface area (Å²) in [4.78, 5) is 15.6. The van der Waals surface area contributed by atoms with Crippen LogP contribution < -0.4 is 5.32 Å². The fourth-order valence-corrected chi connectivity index (χ4v) is 1.33. The molecular formula is C12H17ClN2O2. The Kier molecular flexibility index (Phi) is 5.38. The molecule has 0 aliphatic carbocycles. The van der Waals surface area contributed by atoms with Crippen LogP contribution >= 0.6 is 11.6 Å². The van der Waals surface area contributed by atoms with Gasteiger partial charge in [0.1, 0.15) is 6.61 Å². The van der Waals surface area contributed by atoms with Crippen LogP contribution in [0.1, 0.15) is 26.0 Å². The van der Waals surface area contributed by atoms with Crippen molar-refractivity contribution in [3.63, 3.8) is 0 Å². The van der Waals surface area contributed by atoms with Gasteiger partial charge in [-0.1, -0.05) is 18.5 Å². The lowest BCUT2D eigenvalue weighted by Gasteiger charge is -2.11. The number of halogens is 1. The van der Waals surface area contributed by atoms with Crippen molar-refractivity contribution in [1.29, 1.82) is 0 Å². The summed E-state index contributed by atoms with van der Waals surface area (Å²) in [6.07, 6.45) is 2.56. The van der Waals surface area contributed by atoms with E-state index in [-0.39, 0.29) is 18.6 Å². The van der Waals surface area contributed by atoms with E-state index in [1.165, 1.54) is 0 Å². The summed E-state index contributed by atoms with van der Waals surface area (Å²) < 4.78 is 5.32. The van der Waals surface area contributed by atoms with Crippen molar-refractivity contribution in [3.8, 4) is 0 Å². The molecule has 4 nitrogen and oxygen atoms in total. The highest BCUT2D eigenvalue weighted by atomic mass is 35.5. The Morgan fingerprint density at radius 2 is 2.35 bits per heavy atom. The Hall–Kier alpha value is -1.13. The third kappa shape index (κ3) is 4.32. The van der Waals surface area contributed by atoms with Gasteiger partial charge in [-0.15, -0.1) is 0 Å². The number of anilines is 1. The number of nitrogens with zero attached hydrogens (tertiary/aromatic N) is 1. The van der Waals surface area contributed by atoms with E-state index in [0.717, 1.165) is 6.42 Å². The van der Waals surface area contributed by atoms with E-state index in [2.05, 4.69) is 10.3 Å². The normalized spacial score (nSPS) is 12.2. The van der Waals surface area contributed by atoms with Crippen molar-refractivity contribution >= 4 is 23.2 Å². The molecule has 0 aromatic carbocycles. The third-order valence-corrected chi connectivity index (χ3v) is 2.89. The molecule has 1 aromatic rings. The molecule has 0 fully saturated rings. The topological polar surface area (TPSA) is 51.2 Å². The maximum atomic E-state index is 11.6. The lowest BCUT2D eigenvalue weighted by molar-refractivity contribution is -0.122. The average Bonchev–Trinajstić information content (AvgIpc) is 2.32. The van der Waals surface area contributed by atoms with Crippen LogP contribution in [0.5, 0.6) is 0 Å². The second-order valence-electron chi connectivity index (χ2n) is 3.84. The summed E-state index contributed by atoms with van der Waals surface area (Å²) in [5.41, 5.74) is 1.25. The predicted octanol–water partition coefficient (Wildman–Crippen LogP) is 2.80. The number of aryl methyl sites for hydroxylation is 1. The van der Waals surface area contributed by atoms with Gasteiger partial charge in [0, 0.05) is 6.20 Å². The molecule has 0 bridgehead atoms. The highest BCUT2D eigenvalue weighted by molar-refractivity contribution is 6.34. The standard InChI is InChI=1S/C12H17ClN2O2/c1-4-8(2)17-7-11(16)15-10-5-6-14-9(3)12(10)13/h5-6,8H,4,7H2,1-3H3,(H,14,15,16). The number of rotatable bonds is 5. The number of amides is 1. The van der Waals surface area contributed by atoms with E-state index in [9.17, 15) is 4.79 Å². The molecule has 1 atom stereocenters. The van der Waals surface area contributed by atoms with Gasteiger partial charge in [-0.3, -0.25) is 9.78 Å². The molecule has 0 saturated heterocycles. The van der Waals surface area contributed by atoms with E-state index in [1.807, 2.05) is 13.8 Å². The van der Waals surface area contributed by atoms with Crippen molar-refractivity contribution in [3.05, 3.63) is 23.0 Å². The van der Waals surface area contributed by atoms with Crippen LogP contribution in [0.15, 0.2) is 12.3 Å². The van der Waals surface area contributed by atoms with Gasteiger partial charge in [0.05, 0.1) is 22.5 Å². The first-order chi connectivity index (χ1) is 8.04. The summed E-state index contributed by atoms with van der Waals surface area (Å²) in [5.74, 6) is -0.210. The van der Waals surface area contributed by atoms with Gasteiger partial charge in [0.2, 0.25) is 5.91 Å². The van der Waals surface area contributed by atoms with Gasteiger partial charge < -0.3 is 10.1 Å². The number of nitrogens with one attached hydrogen (secondary N) is 1. The van der Waals surface area contributed by atoms with Gasteiger partial charge in [0.15, 0.2) is 0 Å². The van der Waals surface area contributed by atoms with Crippen molar-refractivity contribution in [2.24, 2.45) is 0 Å². The number of hydrogen-bond acceptors (Lipinski definition) is 3. The first-order valence-corrected chi connectivity index (χ1v) is 5.95. The predicted molar refractivity (Wildman–Crippen MR) is 68.3 cm³/mol. The fourth-order valence-electron chi connectivity index (χ4n) is 1.17. The second kappa shape index (κ2) is 6.57. The summed E-state index contributed by atoms with van der Waals surface area (Å²) in [7, 11) is 0. The van der Waals surface area contributed by atoms with Crippen molar-refractivity contribution in [2.75, 3.05) is 11.9 Å². The zero-order valence-electron chi connectivity index (χ0n) is 10.3. The van der Waals surface area contributed by atoms with Gasteiger partial charge in [-0.25, -0.2) is 0 Å². The highest BCUT2D eigenvalue weighted by Crippen LogP contribution is 2.23. The molecule has 1 rings (SSSR count). The average molecular weight is 257 g/mol. The summed E-state index contributed by atoms with van der Waals surface area (Å²) in [6, 6.07) is 1.66. The molecule has 0 saturated carbocycles. The maximum absolute atomic E-state index is 11.6.